The second-order valence-electron chi connectivity index (χ2n) is 4.95. The summed E-state index contributed by atoms with van der Waals surface area (Å²) in [6.45, 7) is 9.56. The number of ether oxygens (including phenoxy) is 1. The highest BCUT2D eigenvalue weighted by Crippen LogP contribution is 2.32. The van der Waals surface area contributed by atoms with E-state index in [9.17, 15) is 9.18 Å². The van der Waals surface area contributed by atoms with Crippen LogP contribution < -0.4 is 0 Å². The van der Waals surface area contributed by atoms with E-state index in [0.29, 0.717) is 24.0 Å². The van der Waals surface area contributed by atoms with Crippen molar-refractivity contribution in [2.45, 2.75) is 38.8 Å². The molecule has 2 unspecified atom stereocenters. The van der Waals surface area contributed by atoms with Crippen LogP contribution in [0.4, 0.5) is 4.39 Å². The van der Waals surface area contributed by atoms with E-state index in [1.807, 2.05) is 13.0 Å². The van der Waals surface area contributed by atoms with Crippen LogP contribution in [-0.2, 0) is 9.53 Å². The molecule has 0 saturated heterocycles. The lowest BCUT2D eigenvalue weighted by atomic mass is 9.82. The van der Waals surface area contributed by atoms with Gasteiger partial charge in [0.25, 0.3) is 0 Å². The molecule has 0 aliphatic heterocycles. The molecule has 1 aliphatic rings. The smallest absolute Gasteiger partial charge is 0.338 e. The standard InChI is InChI=1S/C17H23FO2/c1-4-6-8-14(5-2)17(19)20-12-11-15-9-7-10-16(18)13(15)3/h4-6,8,15-16H,2-3,7,9-12H2,1H3/b6-4-,14-8+. The van der Waals surface area contributed by atoms with Gasteiger partial charge in [0.1, 0.15) is 6.17 Å². The molecule has 0 aromatic rings. The summed E-state index contributed by atoms with van der Waals surface area (Å²) in [6, 6.07) is 0. The van der Waals surface area contributed by atoms with Gasteiger partial charge in [-0.25, -0.2) is 9.18 Å². The number of esters is 1. The van der Waals surface area contributed by atoms with Gasteiger partial charge in [0, 0.05) is 0 Å². The summed E-state index contributed by atoms with van der Waals surface area (Å²) < 4.78 is 18.7. The van der Waals surface area contributed by atoms with Crippen molar-refractivity contribution < 1.29 is 13.9 Å². The monoisotopic (exact) mass is 278 g/mol. The molecule has 1 saturated carbocycles. The van der Waals surface area contributed by atoms with Gasteiger partial charge >= 0.3 is 5.97 Å². The van der Waals surface area contributed by atoms with Crippen molar-refractivity contribution in [3.63, 3.8) is 0 Å². The topological polar surface area (TPSA) is 26.3 Å². The highest BCUT2D eigenvalue weighted by atomic mass is 19.1. The lowest BCUT2D eigenvalue weighted by Gasteiger charge is -2.27. The lowest BCUT2D eigenvalue weighted by molar-refractivity contribution is -0.138. The van der Waals surface area contributed by atoms with E-state index in [-0.39, 0.29) is 12.5 Å². The Hall–Kier alpha value is -1.64. The summed E-state index contributed by atoms with van der Waals surface area (Å²) >= 11 is 0. The Kier molecular flexibility index (Phi) is 6.99. The van der Waals surface area contributed by atoms with Crippen molar-refractivity contribution in [3.8, 4) is 0 Å². The number of halogens is 1. The summed E-state index contributed by atoms with van der Waals surface area (Å²) in [6.07, 6.45) is 8.83. The first-order chi connectivity index (χ1) is 9.60. The highest BCUT2D eigenvalue weighted by molar-refractivity contribution is 5.91. The average molecular weight is 278 g/mol. The highest BCUT2D eigenvalue weighted by Gasteiger charge is 2.25. The Morgan fingerprint density at radius 1 is 1.50 bits per heavy atom. The number of allylic oxidation sites excluding steroid dienone is 4. The molecular formula is C17H23FO2. The zero-order valence-electron chi connectivity index (χ0n) is 12.1. The Morgan fingerprint density at radius 3 is 2.90 bits per heavy atom. The Labute approximate surface area is 120 Å². The minimum atomic E-state index is -0.900. The molecule has 0 spiro atoms. The zero-order valence-corrected chi connectivity index (χ0v) is 12.1. The second kappa shape index (κ2) is 8.51. The molecule has 1 fully saturated rings. The van der Waals surface area contributed by atoms with Crippen LogP contribution in [-0.4, -0.2) is 18.7 Å². The molecular weight excluding hydrogens is 255 g/mol. The predicted octanol–water partition coefficient (Wildman–Crippen LogP) is 4.30. The van der Waals surface area contributed by atoms with Gasteiger partial charge in [-0.1, -0.05) is 31.4 Å². The number of alkyl halides is 1. The molecule has 0 aromatic carbocycles. The molecule has 0 aromatic heterocycles. The lowest BCUT2D eigenvalue weighted by Crippen LogP contribution is -2.21. The first kappa shape index (κ1) is 16.4. The summed E-state index contributed by atoms with van der Waals surface area (Å²) in [7, 11) is 0. The predicted molar refractivity (Wildman–Crippen MR) is 80.0 cm³/mol. The van der Waals surface area contributed by atoms with Gasteiger partial charge in [-0.05, 0) is 50.2 Å². The number of rotatable bonds is 6. The summed E-state index contributed by atoms with van der Waals surface area (Å²) in [5.41, 5.74) is 1.08. The zero-order chi connectivity index (χ0) is 15.0. The molecule has 0 N–H and O–H groups in total. The van der Waals surface area contributed by atoms with E-state index in [0.717, 1.165) is 12.8 Å². The van der Waals surface area contributed by atoms with E-state index >= 15 is 0 Å². The Morgan fingerprint density at radius 2 is 2.25 bits per heavy atom. The Bertz CT molecular complexity index is 421. The fourth-order valence-corrected chi connectivity index (χ4v) is 2.30. The van der Waals surface area contributed by atoms with Crippen LogP contribution in [0.3, 0.4) is 0 Å². The molecule has 3 heteroatoms. The minimum absolute atomic E-state index is 0.123. The van der Waals surface area contributed by atoms with Crippen molar-refractivity contribution in [2.75, 3.05) is 6.61 Å². The molecule has 0 heterocycles. The van der Waals surface area contributed by atoms with E-state index in [2.05, 4.69) is 13.2 Å². The van der Waals surface area contributed by atoms with Gasteiger partial charge in [0.05, 0.1) is 12.2 Å². The molecule has 0 amide bonds. The third-order valence-electron chi connectivity index (χ3n) is 3.56. The molecule has 0 bridgehead atoms. The van der Waals surface area contributed by atoms with Gasteiger partial charge in [0.15, 0.2) is 0 Å². The van der Waals surface area contributed by atoms with E-state index in [4.69, 9.17) is 4.74 Å². The SMILES string of the molecule is C=C/C(=C\C=C/C)C(=O)OCCC1CCCC(F)C1=C. The fraction of sp³-hybridized carbons (Fsp3) is 0.471. The van der Waals surface area contributed by atoms with Crippen molar-refractivity contribution in [1.29, 1.82) is 0 Å². The largest absolute Gasteiger partial charge is 0.462 e. The molecule has 0 radical (unpaired) electrons. The van der Waals surface area contributed by atoms with Gasteiger partial charge in [-0.15, -0.1) is 0 Å². The first-order valence-electron chi connectivity index (χ1n) is 7.05. The third kappa shape index (κ3) is 4.80. The van der Waals surface area contributed by atoms with Crippen LogP contribution in [0.15, 0.2) is 48.6 Å². The molecule has 20 heavy (non-hydrogen) atoms. The van der Waals surface area contributed by atoms with Crippen molar-refractivity contribution >= 4 is 5.97 Å². The van der Waals surface area contributed by atoms with Crippen LogP contribution in [0.25, 0.3) is 0 Å². The molecule has 1 rings (SSSR count). The van der Waals surface area contributed by atoms with Crippen molar-refractivity contribution in [3.05, 3.63) is 48.6 Å². The number of carbonyl (C=O) groups is 1. The van der Waals surface area contributed by atoms with E-state index in [1.165, 1.54) is 6.08 Å². The maximum atomic E-state index is 13.5. The maximum Gasteiger partial charge on any atom is 0.338 e. The van der Waals surface area contributed by atoms with Gasteiger partial charge in [-0.3, -0.25) is 0 Å². The average Bonchev–Trinajstić information content (AvgIpc) is 2.44. The quantitative estimate of drug-likeness (QED) is 0.313. The molecule has 2 nitrogen and oxygen atoms in total. The first-order valence-corrected chi connectivity index (χ1v) is 7.05. The Balaban J connectivity index is 2.41. The van der Waals surface area contributed by atoms with Gasteiger partial charge in [-0.2, -0.15) is 0 Å². The number of hydrogen-bond acceptors (Lipinski definition) is 2. The summed E-state index contributed by atoms with van der Waals surface area (Å²) in [5, 5.41) is 0. The number of carbonyl (C=O) groups excluding carboxylic acids is 1. The number of hydrogen-bond donors (Lipinski definition) is 0. The molecule has 2 atom stereocenters. The molecule has 1 aliphatic carbocycles. The van der Waals surface area contributed by atoms with Crippen LogP contribution in [0.5, 0.6) is 0 Å². The second-order valence-corrected chi connectivity index (χ2v) is 4.95. The van der Waals surface area contributed by atoms with E-state index < -0.39 is 12.1 Å². The van der Waals surface area contributed by atoms with Crippen LogP contribution in [0, 0.1) is 5.92 Å². The van der Waals surface area contributed by atoms with Crippen molar-refractivity contribution in [1.82, 2.24) is 0 Å². The fourth-order valence-electron chi connectivity index (χ4n) is 2.30. The van der Waals surface area contributed by atoms with E-state index in [1.54, 1.807) is 12.2 Å². The van der Waals surface area contributed by atoms with Crippen molar-refractivity contribution in [2.24, 2.45) is 5.92 Å². The third-order valence-corrected chi connectivity index (χ3v) is 3.56. The van der Waals surface area contributed by atoms with Crippen LogP contribution in [0.2, 0.25) is 0 Å². The normalized spacial score (nSPS) is 23.9. The van der Waals surface area contributed by atoms with Crippen LogP contribution >= 0.6 is 0 Å². The van der Waals surface area contributed by atoms with Gasteiger partial charge in [0.2, 0.25) is 0 Å². The summed E-state index contributed by atoms with van der Waals surface area (Å²) in [5.74, 6) is -0.269. The summed E-state index contributed by atoms with van der Waals surface area (Å²) in [4.78, 5) is 11.8. The van der Waals surface area contributed by atoms with Gasteiger partial charge < -0.3 is 4.74 Å². The minimum Gasteiger partial charge on any atom is -0.462 e. The maximum absolute atomic E-state index is 13.5. The molecule has 110 valence electrons. The van der Waals surface area contributed by atoms with Crippen LogP contribution in [0.1, 0.15) is 32.6 Å².